The number of fused-ring (bicyclic) bond motifs is 1. The molecule has 0 radical (unpaired) electrons. The van der Waals surface area contributed by atoms with Gasteiger partial charge in [-0.05, 0) is 6.07 Å². The average molecular weight is 315 g/mol. The van der Waals surface area contributed by atoms with Gasteiger partial charge in [0.15, 0.2) is 0 Å². The quantitative estimate of drug-likeness (QED) is 0.857. The summed E-state index contributed by atoms with van der Waals surface area (Å²) in [7, 11) is 1.72. The van der Waals surface area contributed by atoms with Crippen LogP contribution < -0.4 is 4.74 Å². The van der Waals surface area contributed by atoms with Crippen LogP contribution in [0, 0.1) is 12.8 Å². The molecule has 0 unspecified atom stereocenters. The summed E-state index contributed by atoms with van der Waals surface area (Å²) in [5, 5.41) is 8.30. The maximum Gasteiger partial charge on any atom is 0.226 e. The van der Waals surface area contributed by atoms with E-state index < -0.39 is 0 Å². The minimum atomic E-state index is -0.163. The first-order valence-electron chi connectivity index (χ1n) is 7.94. The van der Waals surface area contributed by atoms with Crippen molar-refractivity contribution in [2.75, 3.05) is 33.4 Å². The van der Waals surface area contributed by atoms with E-state index in [4.69, 9.17) is 13.9 Å². The summed E-state index contributed by atoms with van der Waals surface area (Å²) in [5.41, 5.74) is 1.04. The summed E-state index contributed by atoms with van der Waals surface area (Å²) in [4.78, 5) is 2.44. The van der Waals surface area contributed by atoms with E-state index in [-0.39, 0.29) is 5.41 Å². The molecule has 23 heavy (non-hydrogen) atoms. The lowest BCUT2D eigenvalue weighted by atomic mass is 9.81. The molecule has 6 nitrogen and oxygen atoms in total. The second kappa shape index (κ2) is 5.62. The van der Waals surface area contributed by atoms with Crippen LogP contribution >= 0.6 is 0 Å². The zero-order valence-corrected chi connectivity index (χ0v) is 13.5. The Morgan fingerprint density at radius 2 is 2.22 bits per heavy atom. The summed E-state index contributed by atoms with van der Waals surface area (Å²) >= 11 is 0. The van der Waals surface area contributed by atoms with Crippen molar-refractivity contribution >= 4 is 0 Å². The van der Waals surface area contributed by atoms with Crippen LogP contribution in [0.25, 0.3) is 0 Å². The molecule has 0 N–H and O–H groups in total. The van der Waals surface area contributed by atoms with Crippen molar-refractivity contribution in [1.82, 2.24) is 15.1 Å². The smallest absolute Gasteiger partial charge is 0.226 e. The molecule has 0 amide bonds. The van der Waals surface area contributed by atoms with Crippen molar-refractivity contribution in [1.29, 1.82) is 0 Å². The van der Waals surface area contributed by atoms with Crippen LogP contribution in [0.2, 0.25) is 0 Å². The summed E-state index contributed by atoms with van der Waals surface area (Å²) in [6.45, 7) is 5.94. The van der Waals surface area contributed by atoms with Crippen LogP contribution in [0.4, 0.5) is 0 Å². The van der Waals surface area contributed by atoms with Gasteiger partial charge in [0.25, 0.3) is 0 Å². The second-order valence-electron chi connectivity index (χ2n) is 6.48. The van der Waals surface area contributed by atoms with Crippen molar-refractivity contribution in [2.24, 2.45) is 5.92 Å². The molecule has 2 aromatic rings. The number of likely N-dealkylation sites (tertiary alicyclic amines) is 1. The van der Waals surface area contributed by atoms with E-state index in [9.17, 15) is 0 Å². The molecule has 0 saturated carbocycles. The van der Waals surface area contributed by atoms with E-state index in [2.05, 4.69) is 27.2 Å². The number of ether oxygens (including phenoxy) is 2. The zero-order valence-electron chi connectivity index (χ0n) is 13.5. The Hall–Kier alpha value is -1.92. The lowest BCUT2D eigenvalue weighted by Crippen LogP contribution is -2.35. The van der Waals surface area contributed by atoms with Gasteiger partial charge < -0.3 is 13.9 Å². The highest BCUT2D eigenvalue weighted by Gasteiger charge is 2.55. The van der Waals surface area contributed by atoms with Crippen LogP contribution in [0.3, 0.4) is 0 Å². The molecule has 4 rings (SSSR count). The Morgan fingerprint density at radius 1 is 1.35 bits per heavy atom. The minimum Gasteiger partial charge on any atom is -0.496 e. The van der Waals surface area contributed by atoms with E-state index >= 15 is 0 Å². The standard InChI is InChI=1S/C17H21N3O3/c1-12-18-19-16(23-12)17-10-20(8-14(17)9-22-11-17)7-13-5-3-4-6-15(13)21-2/h3-6,14H,7-11H2,1-2H3/t14-,17-/m1/s1. The molecule has 2 atom stereocenters. The number of hydrogen-bond acceptors (Lipinski definition) is 6. The normalized spacial score (nSPS) is 27.3. The first-order valence-corrected chi connectivity index (χ1v) is 7.94. The first kappa shape index (κ1) is 14.7. The maximum atomic E-state index is 5.76. The predicted molar refractivity (Wildman–Crippen MR) is 83.3 cm³/mol. The van der Waals surface area contributed by atoms with Crippen LogP contribution in [-0.2, 0) is 16.7 Å². The van der Waals surface area contributed by atoms with Crippen molar-refractivity contribution < 1.29 is 13.9 Å². The van der Waals surface area contributed by atoms with Gasteiger partial charge in [-0.15, -0.1) is 10.2 Å². The van der Waals surface area contributed by atoms with Gasteiger partial charge in [-0.1, -0.05) is 18.2 Å². The monoisotopic (exact) mass is 315 g/mol. The number of aryl methyl sites for hydroxylation is 1. The zero-order chi connectivity index (χ0) is 15.9. The van der Waals surface area contributed by atoms with E-state index in [1.54, 1.807) is 7.11 Å². The number of methoxy groups -OCH3 is 1. The van der Waals surface area contributed by atoms with Gasteiger partial charge >= 0.3 is 0 Å². The number of aromatic nitrogens is 2. The van der Waals surface area contributed by atoms with E-state index in [0.717, 1.165) is 37.9 Å². The molecule has 2 fully saturated rings. The summed E-state index contributed by atoms with van der Waals surface area (Å²) in [5.74, 6) is 2.67. The number of nitrogens with zero attached hydrogens (tertiary/aromatic N) is 3. The van der Waals surface area contributed by atoms with Gasteiger partial charge in [-0.3, -0.25) is 4.90 Å². The van der Waals surface area contributed by atoms with Crippen LogP contribution in [-0.4, -0.2) is 48.5 Å². The number of rotatable bonds is 4. The van der Waals surface area contributed by atoms with Gasteiger partial charge in [0.2, 0.25) is 11.8 Å². The lowest BCUT2D eigenvalue weighted by Gasteiger charge is -2.23. The summed E-state index contributed by atoms with van der Waals surface area (Å²) < 4.78 is 17.0. The molecule has 2 saturated heterocycles. The number of hydrogen-bond donors (Lipinski definition) is 0. The highest BCUT2D eigenvalue weighted by Crippen LogP contribution is 2.43. The van der Waals surface area contributed by atoms with Crippen molar-refractivity contribution in [3.63, 3.8) is 0 Å². The van der Waals surface area contributed by atoms with E-state index in [0.29, 0.717) is 18.4 Å². The topological polar surface area (TPSA) is 60.6 Å². The molecular weight excluding hydrogens is 294 g/mol. The highest BCUT2D eigenvalue weighted by molar-refractivity contribution is 5.33. The largest absolute Gasteiger partial charge is 0.496 e. The fourth-order valence-corrected chi connectivity index (χ4v) is 3.83. The molecule has 0 bridgehead atoms. The molecule has 2 aliphatic rings. The molecule has 2 aliphatic heterocycles. The third kappa shape index (κ3) is 2.42. The Bertz CT molecular complexity index is 702. The van der Waals surface area contributed by atoms with Gasteiger partial charge in [-0.2, -0.15) is 0 Å². The Balaban J connectivity index is 1.58. The summed E-state index contributed by atoms with van der Waals surface area (Å²) in [6.07, 6.45) is 0. The van der Waals surface area contributed by atoms with Crippen molar-refractivity contribution in [3.8, 4) is 5.75 Å². The van der Waals surface area contributed by atoms with Gasteiger partial charge in [0.1, 0.15) is 5.75 Å². The first-order chi connectivity index (χ1) is 11.2. The third-order valence-electron chi connectivity index (χ3n) is 4.98. The van der Waals surface area contributed by atoms with E-state index in [1.165, 1.54) is 5.56 Å². The molecule has 122 valence electrons. The van der Waals surface area contributed by atoms with E-state index in [1.807, 2.05) is 19.1 Å². The minimum absolute atomic E-state index is 0.163. The molecule has 6 heteroatoms. The Labute approximate surface area is 135 Å². The predicted octanol–water partition coefficient (Wildman–Crippen LogP) is 1.79. The number of benzene rings is 1. The molecule has 0 spiro atoms. The van der Waals surface area contributed by atoms with Crippen LogP contribution in [0.5, 0.6) is 5.75 Å². The molecular formula is C17H21N3O3. The molecule has 0 aliphatic carbocycles. The lowest BCUT2D eigenvalue weighted by molar-refractivity contribution is 0.139. The fourth-order valence-electron chi connectivity index (χ4n) is 3.83. The number of para-hydroxylation sites is 1. The molecule has 3 heterocycles. The van der Waals surface area contributed by atoms with Crippen LogP contribution in [0.1, 0.15) is 17.3 Å². The SMILES string of the molecule is COc1ccccc1CN1C[C@@H]2COC[C@]2(c2nnc(C)o2)C1. The molecule has 1 aromatic heterocycles. The Morgan fingerprint density at radius 3 is 3.00 bits per heavy atom. The second-order valence-corrected chi connectivity index (χ2v) is 6.48. The van der Waals surface area contributed by atoms with Gasteiger partial charge in [-0.25, -0.2) is 0 Å². The van der Waals surface area contributed by atoms with Crippen molar-refractivity contribution in [2.45, 2.75) is 18.9 Å². The average Bonchev–Trinajstić information content (AvgIpc) is 3.22. The van der Waals surface area contributed by atoms with Gasteiger partial charge in [0, 0.05) is 38.0 Å². The van der Waals surface area contributed by atoms with Gasteiger partial charge in [0.05, 0.1) is 25.7 Å². The maximum absolute atomic E-state index is 5.76. The van der Waals surface area contributed by atoms with Crippen molar-refractivity contribution in [3.05, 3.63) is 41.6 Å². The third-order valence-corrected chi connectivity index (χ3v) is 4.98. The fraction of sp³-hybridized carbons (Fsp3) is 0.529. The summed E-state index contributed by atoms with van der Waals surface area (Å²) in [6, 6.07) is 8.17. The van der Waals surface area contributed by atoms with Crippen LogP contribution in [0.15, 0.2) is 28.7 Å². The highest BCUT2D eigenvalue weighted by atomic mass is 16.5. The molecule has 1 aromatic carbocycles. The Kier molecular flexibility index (Phi) is 3.58.